The number of thiocarbonyl (C=S) groups is 1. The number of amides is 1. The maximum Gasteiger partial charge on any atom is 0.257 e. The second kappa shape index (κ2) is 9.06. The van der Waals surface area contributed by atoms with Gasteiger partial charge in [0.05, 0.1) is 17.6 Å². The molecule has 1 aliphatic carbocycles. The summed E-state index contributed by atoms with van der Waals surface area (Å²) in [5, 5.41) is 15.5. The largest absolute Gasteiger partial charge is 0.491 e. The number of carbonyl (C=O) groups excluding carboxylic acids is 1. The molecule has 2 N–H and O–H groups in total. The van der Waals surface area contributed by atoms with Gasteiger partial charge in [-0.2, -0.15) is 5.26 Å². The van der Waals surface area contributed by atoms with Crippen LogP contribution < -0.4 is 15.4 Å². The van der Waals surface area contributed by atoms with E-state index >= 15 is 0 Å². The number of hydrogen-bond acceptors (Lipinski definition) is 4. The van der Waals surface area contributed by atoms with Gasteiger partial charge in [-0.15, -0.1) is 0 Å². The summed E-state index contributed by atoms with van der Waals surface area (Å²) in [6.07, 6.45) is 4.08. The van der Waals surface area contributed by atoms with E-state index in [1.807, 2.05) is 38.1 Å². The van der Waals surface area contributed by atoms with E-state index in [0.29, 0.717) is 5.56 Å². The molecule has 150 valence electrons. The number of nitriles is 1. The van der Waals surface area contributed by atoms with Gasteiger partial charge in [-0.25, -0.2) is 0 Å². The number of nitrogens with zero attached hydrogens (tertiary/aromatic N) is 1. The van der Waals surface area contributed by atoms with Gasteiger partial charge < -0.3 is 10.1 Å². The van der Waals surface area contributed by atoms with Crippen molar-refractivity contribution in [2.24, 2.45) is 0 Å². The number of hydrogen-bond donors (Lipinski definition) is 2. The molecule has 0 spiro atoms. The van der Waals surface area contributed by atoms with Crippen LogP contribution in [0, 0.1) is 11.3 Å². The highest BCUT2D eigenvalue weighted by molar-refractivity contribution is 7.80. The van der Waals surface area contributed by atoms with Crippen molar-refractivity contribution < 1.29 is 9.53 Å². The fourth-order valence-electron chi connectivity index (χ4n) is 3.61. The van der Waals surface area contributed by atoms with Crippen LogP contribution in [-0.2, 0) is 5.41 Å². The van der Waals surface area contributed by atoms with E-state index in [2.05, 4.69) is 16.7 Å². The lowest BCUT2D eigenvalue weighted by atomic mass is 9.80. The Kier molecular flexibility index (Phi) is 6.50. The molecule has 0 unspecified atom stereocenters. The Bertz CT molecular complexity index is 909. The number of benzene rings is 2. The lowest BCUT2D eigenvalue weighted by Crippen LogP contribution is -2.34. The van der Waals surface area contributed by atoms with E-state index in [1.54, 1.807) is 24.3 Å². The van der Waals surface area contributed by atoms with Crippen molar-refractivity contribution in [3.63, 3.8) is 0 Å². The van der Waals surface area contributed by atoms with Crippen molar-refractivity contribution in [3.05, 3.63) is 59.7 Å². The highest BCUT2D eigenvalue weighted by Crippen LogP contribution is 2.40. The lowest BCUT2D eigenvalue weighted by Gasteiger charge is -2.21. The van der Waals surface area contributed by atoms with Crippen molar-refractivity contribution in [2.75, 3.05) is 5.32 Å². The summed E-state index contributed by atoms with van der Waals surface area (Å²) >= 11 is 5.26. The van der Waals surface area contributed by atoms with Gasteiger partial charge in [0.15, 0.2) is 5.11 Å². The summed E-state index contributed by atoms with van der Waals surface area (Å²) in [4.78, 5) is 12.4. The first-order valence-corrected chi connectivity index (χ1v) is 10.2. The van der Waals surface area contributed by atoms with Gasteiger partial charge >= 0.3 is 0 Å². The predicted molar refractivity (Wildman–Crippen MR) is 118 cm³/mol. The third-order valence-corrected chi connectivity index (χ3v) is 5.29. The molecule has 0 atom stereocenters. The number of ether oxygens (including phenoxy) is 1. The zero-order valence-corrected chi connectivity index (χ0v) is 17.5. The normalized spacial score (nSPS) is 14.8. The Morgan fingerprint density at radius 1 is 1.10 bits per heavy atom. The number of anilines is 1. The Morgan fingerprint density at radius 2 is 1.72 bits per heavy atom. The van der Waals surface area contributed by atoms with Crippen LogP contribution in [0.4, 0.5) is 5.69 Å². The minimum Gasteiger partial charge on any atom is -0.491 e. The third-order valence-electron chi connectivity index (χ3n) is 5.08. The minimum atomic E-state index is -0.362. The van der Waals surface area contributed by atoms with E-state index in [4.69, 9.17) is 17.0 Å². The van der Waals surface area contributed by atoms with E-state index in [9.17, 15) is 10.1 Å². The van der Waals surface area contributed by atoms with E-state index in [1.165, 1.54) is 0 Å². The van der Waals surface area contributed by atoms with E-state index < -0.39 is 0 Å². The first-order chi connectivity index (χ1) is 13.9. The Labute approximate surface area is 177 Å². The second-order valence-corrected chi connectivity index (χ2v) is 7.99. The smallest absolute Gasteiger partial charge is 0.257 e. The molecule has 0 radical (unpaired) electrons. The first-order valence-electron chi connectivity index (χ1n) is 9.83. The van der Waals surface area contributed by atoms with Crippen LogP contribution in [0.15, 0.2) is 48.5 Å². The highest BCUT2D eigenvalue weighted by Gasteiger charge is 2.35. The molecule has 1 aliphatic rings. The van der Waals surface area contributed by atoms with Crippen LogP contribution in [-0.4, -0.2) is 17.1 Å². The number of rotatable bonds is 5. The molecule has 0 saturated heterocycles. The van der Waals surface area contributed by atoms with Crippen LogP contribution in [0.25, 0.3) is 0 Å². The molecule has 3 rings (SSSR count). The monoisotopic (exact) mass is 407 g/mol. The maximum absolute atomic E-state index is 12.4. The standard InChI is InChI=1S/C23H25N3O2S/c1-16(2)28-20-11-5-17(6-12-20)21(27)26-22(29)25-19-9-7-18(8-10-19)23(15-24)13-3-4-14-23/h5-12,16H,3-4,13-14H2,1-2H3,(H2,25,26,27,29). The van der Waals surface area contributed by atoms with Gasteiger partial charge in [-0.3, -0.25) is 10.1 Å². The maximum atomic E-state index is 12.4. The number of carbonyl (C=O) groups is 1. The molecule has 1 amide bonds. The molecule has 0 heterocycles. The summed E-state index contributed by atoms with van der Waals surface area (Å²) in [5.41, 5.74) is 1.95. The van der Waals surface area contributed by atoms with Gasteiger partial charge in [0.25, 0.3) is 5.91 Å². The van der Waals surface area contributed by atoms with E-state index in [-0.39, 0.29) is 22.5 Å². The average molecular weight is 408 g/mol. The van der Waals surface area contributed by atoms with Gasteiger partial charge in [0.2, 0.25) is 0 Å². The van der Waals surface area contributed by atoms with Crippen molar-refractivity contribution >= 4 is 28.9 Å². The summed E-state index contributed by atoms with van der Waals surface area (Å²) in [7, 11) is 0. The van der Waals surface area contributed by atoms with Crippen LogP contribution in [0.2, 0.25) is 0 Å². The molecule has 1 fully saturated rings. The van der Waals surface area contributed by atoms with Crippen LogP contribution in [0.3, 0.4) is 0 Å². The molecule has 5 nitrogen and oxygen atoms in total. The molecule has 0 bridgehead atoms. The summed E-state index contributed by atoms with van der Waals surface area (Å²) in [6, 6.07) is 17.1. The number of nitrogens with one attached hydrogen (secondary N) is 2. The zero-order chi connectivity index (χ0) is 20.9. The molecule has 6 heteroatoms. The van der Waals surface area contributed by atoms with E-state index in [0.717, 1.165) is 42.7 Å². The molecule has 2 aromatic rings. The molecule has 29 heavy (non-hydrogen) atoms. The lowest BCUT2D eigenvalue weighted by molar-refractivity contribution is 0.0977. The predicted octanol–water partition coefficient (Wildman–Crippen LogP) is 4.94. The molecule has 1 saturated carbocycles. The fourth-order valence-corrected chi connectivity index (χ4v) is 3.82. The Balaban J connectivity index is 1.57. The molecule has 0 aliphatic heterocycles. The second-order valence-electron chi connectivity index (χ2n) is 7.58. The van der Waals surface area contributed by atoms with Crippen molar-refractivity contribution in [2.45, 2.75) is 51.0 Å². The van der Waals surface area contributed by atoms with Crippen LogP contribution in [0.5, 0.6) is 5.75 Å². The van der Waals surface area contributed by atoms with Gasteiger partial charge in [-0.1, -0.05) is 25.0 Å². The molecular weight excluding hydrogens is 382 g/mol. The Morgan fingerprint density at radius 3 is 2.28 bits per heavy atom. The van der Waals surface area contributed by atoms with Crippen molar-refractivity contribution in [3.8, 4) is 11.8 Å². The SMILES string of the molecule is CC(C)Oc1ccc(C(=O)NC(=S)Nc2ccc(C3(C#N)CCCC3)cc2)cc1. The van der Waals surface area contributed by atoms with Gasteiger partial charge in [-0.05, 0) is 80.9 Å². The Hall–Kier alpha value is -2.91. The summed E-state index contributed by atoms with van der Waals surface area (Å²) < 4.78 is 5.58. The van der Waals surface area contributed by atoms with Gasteiger partial charge in [0, 0.05) is 11.3 Å². The van der Waals surface area contributed by atoms with Crippen molar-refractivity contribution in [1.82, 2.24) is 5.32 Å². The van der Waals surface area contributed by atoms with Crippen molar-refractivity contribution in [1.29, 1.82) is 5.26 Å². The zero-order valence-electron chi connectivity index (χ0n) is 16.7. The summed E-state index contributed by atoms with van der Waals surface area (Å²) in [5.74, 6) is 0.430. The molecule has 0 aromatic heterocycles. The third kappa shape index (κ3) is 5.12. The molecule has 2 aromatic carbocycles. The quantitative estimate of drug-likeness (QED) is 0.687. The highest BCUT2D eigenvalue weighted by atomic mass is 32.1. The topological polar surface area (TPSA) is 74.2 Å². The molecular formula is C23H25N3O2S. The average Bonchev–Trinajstić information content (AvgIpc) is 3.19. The fraction of sp³-hybridized carbons (Fsp3) is 0.348. The summed E-state index contributed by atoms with van der Waals surface area (Å²) in [6.45, 7) is 3.90. The minimum absolute atomic E-state index is 0.0783. The van der Waals surface area contributed by atoms with Crippen LogP contribution in [0.1, 0.15) is 55.5 Å². The van der Waals surface area contributed by atoms with Crippen LogP contribution >= 0.6 is 12.2 Å². The first kappa shape index (κ1) is 20.8. The van der Waals surface area contributed by atoms with Gasteiger partial charge in [0.1, 0.15) is 5.75 Å².